The van der Waals surface area contributed by atoms with E-state index in [-0.39, 0.29) is 5.78 Å². The van der Waals surface area contributed by atoms with Crippen molar-refractivity contribution in [2.45, 2.75) is 4.83 Å². The molecule has 0 radical (unpaired) electrons. The Bertz CT molecular complexity index is 473. The highest BCUT2D eigenvalue weighted by Crippen LogP contribution is 2.24. The van der Waals surface area contributed by atoms with E-state index in [4.69, 9.17) is 0 Å². The Morgan fingerprint density at radius 2 is 1.94 bits per heavy atom. The van der Waals surface area contributed by atoms with E-state index in [0.717, 1.165) is 0 Å². The third-order valence-electron chi connectivity index (χ3n) is 2.15. The Balaban J connectivity index is 2.24. The third-order valence-corrected chi connectivity index (χ3v) is 3.04. The van der Waals surface area contributed by atoms with Gasteiger partial charge >= 0.3 is 0 Å². The second-order valence-corrected chi connectivity index (χ2v) is 4.14. The van der Waals surface area contributed by atoms with Gasteiger partial charge in [-0.25, -0.2) is 9.97 Å². The van der Waals surface area contributed by atoms with Gasteiger partial charge in [0.25, 0.3) is 0 Å². The summed E-state index contributed by atoms with van der Waals surface area (Å²) >= 11 is 3.35. The lowest BCUT2D eigenvalue weighted by molar-refractivity contribution is 0.0990. The van der Waals surface area contributed by atoms with Gasteiger partial charge in [0.15, 0.2) is 5.78 Å². The summed E-state index contributed by atoms with van der Waals surface area (Å²) in [6.07, 6.45) is 3.05. The van der Waals surface area contributed by atoms with Crippen molar-refractivity contribution < 1.29 is 4.79 Å². The summed E-state index contributed by atoms with van der Waals surface area (Å²) in [5.41, 5.74) is 1.34. The van der Waals surface area contributed by atoms with E-state index in [0.29, 0.717) is 11.3 Å². The van der Waals surface area contributed by atoms with Crippen molar-refractivity contribution >= 4 is 21.7 Å². The van der Waals surface area contributed by atoms with Gasteiger partial charge in [-0.1, -0.05) is 46.3 Å². The van der Waals surface area contributed by atoms with E-state index in [1.165, 1.54) is 6.33 Å². The van der Waals surface area contributed by atoms with Crippen LogP contribution in [0.25, 0.3) is 0 Å². The zero-order chi connectivity index (χ0) is 11.4. The maximum absolute atomic E-state index is 12.0. The Hall–Kier alpha value is -1.55. The number of nitrogens with zero attached hydrogens (tertiary/aromatic N) is 2. The lowest BCUT2D eigenvalue weighted by Crippen LogP contribution is -2.08. The van der Waals surface area contributed by atoms with Gasteiger partial charge in [-0.3, -0.25) is 4.79 Å². The first-order chi connectivity index (χ1) is 7.79. The van der Waals surface area contributed by atoms with Crippen molar-refractivity contribution in [3.8, 4) is 0 Å². The predicted molar refractivity (Wildman–Crippen MR) is 64.5 cm³/mol. The first-order valence-corrected chi connectivity index (χ1v) is 5.70. The minimum atomic E-state index is -0.419. The van der Waals surface area contributed by atoms with Crippen LogP contribution in [0.2, 0.25) is 0 Å². The highest BCUT2D eigenvalue weighted by molar-refractivity contribution is 9.09. The van der Waals surface area contributed by atoms with Gasteiger partial charge in [0.1, 0.15) is 11.2 Å². The maximum atomic E-state index is 12.0. The largest absolute Gasteiger partial charge is 0.292 e. The molecule has 1 heterocycles. The number of carbonyl (C=O) groups excluding carboxylic acids is 1. The molecule has 0 aliphatic rings. The minimum Gasteiger partial charge on any atom is -0.292 e. The van der Waals surface area contributed by atoms with Crippen LogP contribution in [-0.2, 0) is 0 Å². The Kier molecular flexibility index (Phi) is 3.41. The molecule has 2 aromatic rings. The maximum Gasteiger partial charge on any atom is 0.182 e. The number of alkyl halides is 1. The van der Waals surface area contributed by atoms with E-state index in [1.54, 1.807) is 24.4 Å². The second-order valence-electron chi connectivity index (χ2n) is 3.23. The molecule has 0 aliphatic carbocycles. The summed E-state index contributed by atoms with van der Waals surface area (Å²) < 4.78 is 0. The summed E-state index contributed by atoms with van der Waals surface area (Å²) in [5, 5.41) is 0. The van der Waals surface area contributed by atoms with Gasteiger partial charge in [-0.05, 0) is 6.07 Å². The number of carbonyl (C=O) groups is 1. The minimum absolute atomic E-state index is 0.000648. The lowest BCUT2D eigenvalue weighted by atomic mass is 10.1. The van der Waals surface area contributed by atoms with Crippen LogP contribution < -0.4 is 0 Å². The van der Waals surface area contributed by atoms with Crippen molar-refractivity contribution in [1.82, 2.24) is 9.97 Å². The highest BCUT2D eigenvalue weighted by atomic mass is 79.9. The fraction of sp³-hybridized carbons (Fsp3) is 0.0833. The van der Waals surface area contributed by atoms with Gasteiger partial charge < -0.3 is 0 Å². The van der Waals surface area contributed by atoms with Crippen molar-refractivity contribution in [2.75, 3.05) is 0 Å². The summed E-state index contributed by atoms with van der Waals surface area (Å²) in [5.74, 6) is -0.000648. The number of hydrogen-bond acceptors (Lipinski definition) is 3. The molecule has 0 spiro atoms. The molecule has 1 aromatic carbocycles. The van der Waals surface area contributed by atoms with Gasteiger partial charge in [0, 0.05) is 11.8 Å². The summed E-state index contributed by atoms with van der Waals surface area (Å²) in [7, 11) is 0. The van der Waals surface area contributed by atoms with Crippen LogP contribution in [0.15, 0.2) is 48.9 Å². The van der Waals surface area contributed by atoms with Crippen LogP contribution in [0.3, 0.4) is 0 Å². The average Bonchev–Trinajstić information content (AvgIpc) is 2.39. The van der Waals surface area contributed by atoms with Crippen LogP contribution in [0.1, 0.15) is 20.9 Å². The summed E-state index contributed by atoms with van der Waals surface area (Å²) in [4.78, 5) is 19.5. The third kappa shape index (κ3) is 2.33. The molecule has 0 aliphatic heterocycles. The Morgan fingerprint density at radius 3 is 2.56 bits per heavy atom. The molecule has 1 unspecified atom stereocenters. The molecule has 0 saturated heterocycles. The molecular formula is C12H9BrN2O. The van der Waals surface area contributed by atoms with Gasteiger partial charge in [0.05, 0.1) is 5.69 Å². The Morgan fingerprint density at radius 1 is 1.19 bits per heavy atom. The zero-order valence-electron chi connectivity index (χ0n) is 8.38. The lowest BCUT2D eigenvalue weighted by Gasteiger charge is -2.07. The van der Waals surface area contributed by atoms with Gasteiger partial charge in [-0.2, -0.15) is 0 Å². The second kappa shape index (κ2) is 4.99. The van der Waals surface area contributed by atoms with E-state index < -0.39 is 4.83 Å². The first kappa shape index (κ1) is 11.0. The number of Topliss-reactive ketones (excluding diaryl/α,β-unsaturated/α-hetero) is 1. The SMILES string of the molecule is O=C(c1ccccc1)C(Br)c1ccncn1. The molecule has 0 amide bonds. The van der Waals surface area contributed by atoms with E-state index >= 15 is 0 Å². The normalized spacial score (nSPS) is 12.1. The van der Waals surface area contributed by atoms with Crippen LogP contribution in [-0.4, -0.2) is 15.8 Å². The molecule has 0 saturated carbocycles. The van der Waals surface area contributed by atoms with Crippen LogP contribution >= 0.6 is 15.9 Å². The quantitative estimate of drug-likeness (QED) is 0.640. The molecular weight excluding hydrogens is 268 g/mol. The molecule has 1 atom stereocenters. The van der Waals surface area contributed by atoms with Crippen LogP contribution in [0, 0.1) is 0 Å². The fourth-order valence-corrected chi connectivity index (χ4v) is 1.87. The first-order valence-electron chi connectivity index (χ1n) is 4.78. The Labute approximate surface area is 102 Å². The summed E-state index contributed by atoms with van der Waals surface area (Å²) in [6.45, 7) is 0. The monoisotopic (exact) mass is 276 g/mol. The molecule has 16 heavy (non-hydrogen) atoms. The molecule has 0 bridgehead atoms. The molecule has 3 nitrogen and oxygen atoms in total. The van der Waals surface area contributed by atoms with Crippen molar-refractivity contribution in [2.24, 2.45) is 0 Å². The molecule has 0 fully saturated rings. The predicted octanol–water partition coefficient (Wildman–Crippen LogP) is 2.80. The van der Waals surface area contributed by atoms with Crippen molar-refractivity contribution in [1.29, 1.82) is 0 Å². The van der Waals surface area contributed by atoms with Crippen molar-refractivity contribution in [3.05, 3.63) is 60.2 Å². The number of aromatic nitrogens is 2. The summed E-state index contributed by atoms with van der Waals surface area (Å²) in [6, 6.07) is 10.9. The van der Waals surface area contributed by atoms with E-state index in [1.807, 2.05) is 18.2 Å². The molecule has 4 heteroatoms. The van der Waals surface area contributed by atoms with Gasteiger partial charge in [-0.15, -0.1) is 0 Å². The molecule has 0 N–H and O–H groups in total. The fourth-order valence-electron chi connectivity index (χ4n) is 1.33. The number of halogens is 1. The average molecular weight is 277 g/mol. The van der Waals surface area contributed by atoms with Crippen LogP contribution in [0.5, 0.6) is 0 Å². The number of rotatable bonds is 3. The number of hydrogen-bond donors (Lipinski definition) is 0. The smallest absolute Gasteiger partial charge is 0.182 e. The number of ketones is 1. The number of benzene rings is 1. The van der Waals surface area contributed by atoms with E-state index in [2.05, 4.69) is 25.9 Å². The highest BCUT2D eigenvalue weighted by Gasteiger charge is 2.19. The van der Waals surface area contributed by atoms with Gasteiger partial charge in [0.2, 0.25) is 0 Å². The molecule has 1 aromatic heterocycles. The van der Waals surface area contributed by atoms with Crippen molar-refractivity contribution in [3.63, 3.8) is 0 Å². The molecule has 80 valence electrons. The standard InChI is InChI=1S/C12H9BrN2O/c13-11(10-6-7-14-8-15-10)12(16)9-4-2-1-3-5-9/h1-8,11H. The van der Waals surface area contributed by atoms with E-state index in [9.17, 15) is 4.79 Å². The topological polar surface area (TPSA) is 42.9 Å². The molecule has 2 rings (SSSR count). The zero-order valence-corrected chi connectivity index (χ0v) is 9.96. The van der Waals surface area contributed by atoms with Crippen LogP contribution in [0.4, 0.5) is 0 Å².